The van der Waals surface area contributed by atoms with Crippen molar-refractivity contribution in [2.45, 2.75) is 67.5 Å². The van der Waals surface area contributed by atoms with Gasteiger partial charge in [-0.05, 0) is 37.5 Å². The lowest BCUT2D eigenvalue weighted by molar-refractivity contribution is -0.432. The van der Waals surface area contributed by atoms with E-state index in [4.69, 9.17) is 18.7 Å². The van der Waals surface area contributed by atoms with Gasteiger partial charge in [-0.3, -0.25) is 45.6 Å². The minimum atomic E-state index is -4.32. The molecular formula is C17H36N6O12S4. The Morgan fingerprint density at radius 2 is 1.36 bits per heavy atom. The summed E-state index contributed by atoms with van der Waals surface area (Å²) in [5.74, 6) is -1.65. The van der Waals surface area contributed by atoms with Crippen molar-refractivity contribution >= 4 is 42.4 Å². The van der Waals surface area contributed by atoms with E-state index < -0.39 is 71.9 Å². The fourth-order valence-corrected chi connectivity index (χ4v) is 8.39. The fourth-order valence-electron chi connectivity index (χ4n) is 5.49. The molecule has 39 heavy (non-hydrogen) atoms. The molecule has 1 heterocycles. The average molecular weight is 645 g/mol. The normalized spacial score (nSPS) is 34.5. The van der Waals surface area contributed by atoms with Gasteiger partial charge in [-0.15, -0.1) is 4.33 Å². The molecule has 3 rings (SSSR count). The van der Waals surface area contributed by atoms with Gasteiger partial charge in [0.05, 0.1) is 16.8 Å². The van der Waals surface area contributed by atoms with E-state index in [1.807, 2.05) is 0 Å². The molecular weight excluding hydrogens is 608 g/mol. The minimum absolute atomic E-state index is 0.123. The molecule has 0 radical (unpaired) electrons. The Morgan fingerprint density at radius 1 is 0.795 bits per heavy atom. The molecule has 0 aromatic rings. The van der Waals surface area contributed by atoms with E-state index in [1.54, 1.807) is 0 Å². The molecule has 0 aromatic carbocycles. The van der Waals surface area contributed by atoms with E-state index in [1.165, 1.54) is 0 Å². The van der Waals surface area contributed by atoms with Crippen LogP contribution in [0.1, 0.15) is 32.1 Å². The standard InChI is InChI=1S/C17H36N6O12S4/c24-34-35-36-13-9-10(8-12-11(13)2-1-3-14(12)39(31,32)33)20-17-22-15(18-4-6-37(25,26)27)21-16(23-17)19-5-7-38(28,29)30/h10-24H,1-9H2,(H,25,26,27)(H,28,29,30)(H,31,32,33). The van der Waals surface area contributed by atoms with Crippen LogP contribution in [0.15, 0.2) is 0 Å². The first-order chi connectivity index (χ1) is 18.1. The third kappa shape index (κ3) is 11.1. The molecule has 2 aliphatic carbocycles. The highest BCUT2D eigenvalue weighted by Crippen LogP contribution is 2.47. The van der Waals surface area contributed by atoms with Gasteiger partial charge in [0, 0.05) is 36.4 Å². The van der Waals surface area contributed by atoms with Gasteiger partial charge >= 0.3 is 0 Å². The third-order valence-corrected chi connectivity index (χ3v) is 10.7. The van der Waals surface area contributed by atoms with E-state index in [0.717, 1.165) is 12.0 Å². The quantitative estimate of drug-likeness (QED) is 0.0403. The topological polar surface area (TPSA) is 274 Å². The molecule has 1 saturated heterocycles. The zero-order valence-electron chi connectivity index (χ0n) is 20.7. The molecule has 22 heteroatoms. The van der Waals surface area contributed by atoms with Crippen LogP contribution in [0.3, 0.4) is 0 Å². The first-order valence-electron chi connectivity index (χ1n) is 12.2. The summed E-state index contributed by atoms with van der Waals surface area (Å²) in [5.41, 5.74) is 0. The van der Waals surface area contributed by atoms with E-state index in [0.29, 0.717) is 32.1 Å². The maximum atomic E-state index is 12.1. The molecule has 0 amide bonds. The molecule has 3 fully saturated rings. The van der Waals surface area contributed by atoms with Crippen molar-refractivity contribution in [3.05, 3.63) is 0 Å². The molecule has 3 aliphatic rings. The molecule has 1 aliphatic heterocycles. The summed E-state index contributed by atoms with van der Waals surface area (Å²) in [7, 11) is -12.8. The Morgan fingerprint density at radius 3 is 1.87 bits per heavy atom. The van der Waals surface area contributed by atoms with E-state index >= 15 is 0 Å². The first kappa shape index (κ1) is 33.2. The van der Waals surface area contributed by atoms with Gasteiger partial charge in [0.1, 0.15) is 18.9 Å². The minimum Gasteiger partial charge on any atom is -0.288 e. The van der Waals surface area contributed by atoms with Crippen molar-refractivity contribution in [1.29, 1.82) is 0 Å². The van der Waals surface area contributed by atoms with Gasteiger partial charge in [0.15, 0.2) is 0 Å². The Bertz CT molecular complexity index is 1070. The summed E-state index contributed by atoms with van der Waals surface area (Å²) in [5, 5.41) is 29.4. The summed E-state index contributed by atoms with van der Waals surface area (Å²) >= 11 is 0.862. The third-order valence-electron chi connectivity index (χ3n) is 7.00. The Balaban J connectivity index is 1.71. The monoisotopic (exact) mass is 644 g/mol. The highest BCUT2D eigenvalue weighted by Gasteiger charge is 2.48. The summed E-state index contributed by atoms with van der Waals surface area (Å²) in [6.45, 7) is -0.261. The van der Waals surface area contributed by atoms with Gasteiger partial charge in [0.2, 0.25) is 0 Å². The van der Waals surface area contributed by atoms with Crippen molar-refractivity contribution in [2.24, 2.45) is 11.8 Å². The second-order valence-electron chi connectivity index (χ2n) is 9.70. The van der Waals surface area contributed by atoms with Crippen LogP contribution >= 0.6 is 12.0 Å². The van der Waals surface area contributed by atoms with Gasteiger partial charge in [-0.2, -0.15) is 25.3 Å². The zero-order valence-corrected chi connectivity index (χ0v) is 23.9. The molecule has 0 bridgehead atoms. The Hall–Kier alpha value is -0.280. The van der Waals surface area contributed by atoms with Gasteiger partial charge in [-0.1, -0.05) is 11.5 Å². The SMILES string of the molecule is O=S(=O)(O)CCNC1NC(NCCS(=O)(=O)O)NC(NC2CC(SOOO)C3CCCC(S(=O)(=O)O)C3C2)N1. The predicted octanol–water partition coefficient (Wildman–Crippen LogP) is -2.56. The maximum absolute atomic E-state index is 12.1. The number of hydrogen-bond donors (Lipinski definition) is 10. The van der Waals surface area contributed by atoms with Crippen LogP contribution in [-0.2, 0) is 39.7 Å². The van der Waals surface area contributed by atoms with Crippen LogP contribution in [0.4, 0.5) is 0 Å². The van der Waals surface area contributed by atoms with Crippen molar-refractivity contribution in [1.82, 2.24) is 31.9 Å². The van der Waals surface area contributed by atoms with Crippen molar-refractivity contribution in [3.8, 4) is 0 Å². The molecule has 0 spiro atoms. The summed E-state index contributed by atoms with van der Waals surface area (Å²) in [4.78, 5) is 0. The van der Waals surface area contributed by atoms with Crippen LogP contribution in [0.2, 0.25) is 0 Å². The summed E-state index contributed by atoms with van der Waals surface area (Å²) in [6, 6.07) is -0.326. The number of rotatable bonds is 14. The Labute approximate surface area is 231 Å². The van der Waals surface area contributed by atoms with Crippen LogP contribution in [0.5, 0.6) is 0 Å². The molecule has 10 N–H and O–H groups in total. The average Bonchev–Trinajstić information content (AvgIpc) is 2.80. The van der Waals surface area contributed by atoms with Crippen molar-refractivity contribution in [2.75, 3.05) is 24.6 Å². The number of hydrogen-bond acceptors (Lipinski definition) is 16. The van der Waals surface area contributed by atoms with Crippen molar-refractivity contribution in [3.63, 3.8) is 0 Å². The summed E-state index contributed by atoms with van der Waals surface area (Å²) < 4.78 is 101. The van der Waals surface area contributed by atoms with Gasteiger partial charge < -0.3 is 0 Å². The predicted molar refractivity (Wildman–Crippen MR) is 138 cm³/mol. The lowest BCUT2D eigenvalue weighted by Gasteiger charge is -2.48. The molecule has 18 nitrogen and oxygen atoms in total. The molecule has 2 saturated carbocycles. The lowest BCUT2D eigenvalue weighted by atomic mass is 9.68. The van der Waals surface area contributed by atoms with E-state index in [-0.39, 0.29) is 30.3 Å². The maximum Gasteiger partial charge on any atom is 0.268 e. The second kappa shape index (κ2) is 14.3. The van der Waals surface area contributed by atoms with Gasteiger partial charge in [-0.25, -0.2) is 5.26 Å². The zero-order chi connectivity index (χ0) is 28.8. The highest BCUT2D eigenvalue weighted by atomic mass is 32.2. The van der Waals surface area contributed by atoms with Gasteiger partial charge in [0.25, 0.3) is 30.4 Å². The van der Waals surface area contributed by atoms with Crippen molar-refractivity contribution < 1.29 is 53.5 Å². The first-order valence-corrected chi connectivity index (χ1v) is 17.7. The lowest BCUT2D eigenvalue weighted by Crippen LogP contribution is -2.78. The molecule has 7 atom stereocenters. The highest BCUT2D eigenvalue weighted by molar-refractivity contribution is 7.95. The number of fused-ring (bicyclic) bond motifs is 1. The molecule has 7 unspecified atom stereocenters. The van der Waals surface area contributed by atoms with Crippen LogP contribution in [-0.4, -0.2) is 104 Å². The van der Waals surface area contributed by atoms with E-state index in [9.17, 15) is 29.8 Å². The van der Waals surface area contributed by atoms with E-state index in [2.05, 4.69) is 36.9 Å². The van der Waals surface area contributed by atoms with Crippen LogP contribution < -0.4 is 31.9 Å². The largest absolute Gasteiger partial charge is 0.288 e. The summed E-state index contributed by atoms with van der Waals surface area (Å²) in [6.07, 6.45) is 0.329. The fraction of sp³-hybridized carbons (Fsp3) is 1.00. The smallest absolute Gasteiger partial charge is 0.268 e. The van der Waals surface area contributed by atoms with Crippen LogP contribution in [0, 0.1) is 11.8 Å². The van der Waals surface area contributed by atoms with Crippen LogP contribution in [0.25, 0.3) is 0 Å². The Kier molecular flexibility index (Phi) is 12.1. The second-order valence-corrected chi connectivity index (χ2v) is 15.4. The number of nitrogens with one attached hydrogen (secondary N) is 6. The molecule has 0 aromatic heterocycles. The molecule has 230 valence electrons.